The molecule has 1 N–H and O–H groups in total. The molecule has 0 amide bonds. The second-order valence-corrected chi connectivity index (χ2v) is 4.39. The molecule has 2 aromatic rings. The highest BCUT2D eigenvalue weighted by molar-refractivity contribution is 6.33. The first-order chi connectivity index (χ1) is 8.49. The number of nitrogens with zero attached hydrogens (tertiary/aromatic N) is 2. The second kappa shape index (κ2) is 4.74. The van der Waals surface area contributed by atoms with Crippen LogP contribution in [0.2, 0.25) is 5.02 Å². The van der Waals surface area contributed by atoms with Gasteiger partial charge in [-0.2, -0.15) is 0 Å². The third-order valence-corrected chi connectivity index (χ3v) is 2.85. The van der Waals surface area contributed by atoms with E-state index in [2.05, 4.69) is 9.97 Å². The molecular weight excluding hydrogens is 252 g/mol. The molecule has 0 fully saturated rings. The van der Waals surface area contributed by atoms with Crippen LogP contribution in [0.15, 0.2) is 24.5 Å². The molecule has 0 radical (unpaired) electrons. The topological polar surface area (TPSA) is 63.1 Å². The maximum Gasteiger partial charge on any atom is 0.337 e. The maximum atomic E-state index is 11.2. The summed E-state index contributed by atoms with van der Waals surface area (Å²) in [4.78, 5) is 19.3. The quantitative estimate of drug-likeness (QED) is 0.903. The Morgan fingerprint density at radius 2 is 1.67 bits per heavy atom. The lowest BCUT2D eigenvalue weighted by molar-refractivity contribution is 0.0697. The molecule has 0 spiro atoms. The number of carboxylic acid groups (broad SMARTS) is 1. The van der Waals surface area contributed by atoms with Crippen molar-refractivity contribution in [3.8, 4) is 11.1 Å². The molecule has 2 rings (SSSR count). The monoisotopic (exact) mass is 262 g/mol. The average Bonchev–Trinajstić information content (AvgIpc) is 2.31. The number of aromatic carboxylic acids is 1. The molecule has 0 atom stereocenters. The van der Waals surface area contributed by atoms with Gasteiger partial charge in [0, 0.05) is 34.9 Å². The maximum absolute atomic E-state index is 11.2. The van der Waals surface area contributed by atoms with Gasteiger partial charge in [0.1, 0.15) is 0 Å². The van der Waals surface area contributed by atoms with Crippen molar-refractivity contribution >= 4 is 17.6 Å². The molecule has 92 valence electrons. The van der Waals surface area contributed by atoms with E-state index in [9.17, 15) is 9.90 Å². The summed E-state index contributed by atoms with van der Waals surface area (Å²) in [5.41, 5.74) is 2.87. The van der Waals surface area contributed by atoms with Crippen molar-refractivity contribution in [2.24, 2.45) is 0 Å². The minimum absolute atomic E-state index is 0.133. The van der Waals surface area contributed by atoms with Gasteiger partial charge < -0.3 is 5.11 Å². The molecule has 4 nitrogen and oxygen atoms in total. The lowest BCUT2D eigenvalue weighted by Crippen LogP contribution is -2.02. The van der Waals surface area contributed by atoms with Crippen LogP contribution >= 0.6 is 11.6 Å². The van der Waals surface area contributed by atoms with Gasteiger partial charge in [0.25, 0.3) is 0 Å². The summed E-state index contributed by atoms with van der Waals surface area (Å²) in [6.45, 7) is 3.63. The second-order valence-electron chi connectivity index (χ2n) is 3.98. The number of carboxylic acids is 1. The molecule has 5 heteroatoms. The van der Waals surface area contributed by atoms with Crippen LogP contribution in [0.25, 0.3) is 11.1 Å². The third kappa shape index (κ3) is 2.33. The smallest absolute Gasteiger partial charge is 0.337 e. The van der Waals surface area contributed by atoms with Gasteiger partial charge in [-0.3, -0.25) is 9.97 Å². The van der Waals surface area contributed by atoms with E-state index in [1.165, 1.54) is 12.4 Å². The van der Waals surface area contributed by atoms with E-state index in [1.54, 1.807) is 19.1 Å². The number of carbonyl (C=O) groups is 1. The fraction of sp³-hybridized carbons (Fsp3) is 0.154. The lowest BCUT2D eigenvalue weighted by Gasteiger charge is -2.09. The number of pyridine rings is 2. The fourth-order valence-corrected chi connectivity index (χ4v) is 1.91. The van der Waals surface area contributed by atoms with E-state index < -0.39 is 5.97 Å². The van der Waals surface area contributed by atoms with E-state index in [-0.39, 0.29) is 5.56 Å². The third-order valence-electron chi connectivity index (χ3n) is 2.55. The molecule has 18 heavy (non-hydrogen) atoms. The van der Waals surface area contributed by atoms with Crippen molar-refractivity contribution < 1.29 is 9.90 Å². The van der Waals surface area contributed by atoms with Gasteiger partial charge in [0.2, 0.25) is 0 Å². The van der Waals surface area contributed by atoms with E-state index in [1.807, 2.05) is 6.92 Å². The van der Waals surface area contributed by atoms with Gasteiger partial charge >= 0.3 is 5.97 Å². The van der Waals surface area contributed by atoms with Crippen LogP contribution in [-0.4, -0.2) is 21.0 Å². The number of hydrogen-bond donors (Lipinski definition) is 1. The molecule has 2 heterocycles. The van der Waals surface area contributed by atoms with Gasteiger partial charge in [-0.15, -0.1) is 0 Å². The van der Waals surface area contributed by atoms with E-state index in [0.29, 0.717) is 16.1 Å². The molecule has 0 aliphatic carbocycles. The summed E-state index contributed by atoms with van der Waals surface area (Å²) in [6.07, 6.45) is 2.87. The Balaban J connectivity index is 2.73. The number of hydrogen-bond acceptors (Lipinski definition) is 3. The fourth-order valence-electron chi connectivity index (χ4n) is 1.70. The van der Waals surface area contributed by atoms with Gasteiger partial charge in [0.15, 0.2) is 0 Å². The van der Waals surface area contributed by atoms with Crippen molar-refractivity contribution in [1.82, 2.24) is 9.97 Å². The highest BCUT2D eigenvalue weighted by Crippen LogP contribution is 2.30. The number of aromatic nitrogens is 2. The van der Waals surface area contributed by atoms with Gasteiger partial charge in [0.05, 0.1) is 10.6 Å². The first-order valence-corrected chi connectivity index (χ1v) is 5.69. The SMILES string of the molecule is Cc1cc(-c2cc(C)ncc2C(=O)O)c(Cl)cn1. The molecule has 0 aromatic carbocycles. The summed E-state index contributed by atoms with van der Waals surface area (Å²) in [6, 6.07) is 3.48. The molecule has 0 bridgehead atoms. The Labute approximate surface area is 109 Å². The first kappa shape index (κ1) is 12.5. The Kier molecular flexibility index (Phi) is 3.30. The highest BCUT2D eigenvalue weighted by atomic mass is 35.5. The van der Waals surface area contributed by atoms with Crippen LogP contribution in [0, 0.1) is 13.8 Å². The average molecular weight is 263 g/mol. The number of rotatable bonds is 2. The Morgan fingerprint density at radius 1 is 1.11 bits per heavy atom. The van der Waals surface area contributed by atoms with Crippen molar-refractivity contribution in [2.45, 2.75) is 13.8 Å². The Bertz CT molecular complexity index is 626. The molecule has 0 saturated heterocycles. The lowest BCUT2D eigenvalue weighted by atomic mass is 10.0. The summed E-state index contributed by atoms with van der Waals surface area (Å²) < 4.78 is 0. The highest BCUT2D eigenvalue weighted by Gasteiger charge is 2.15. The van der Waals surface area contributed by atoms with Crippen molar-refractivity contribution in [3.05, 3.63) is 46.5 Å². The summed E-state index contributed by atoms with van der Waals surface area (Å²) >= 11 is 6.08. The summed E-state index contributed by atoms with van der Waals surface area (Å²) in [7, 11) is 0. The number of aryl methyl sites for hydroxylation is 2. The van der Waals surface area contributed by atoms with Crippen LogP contribution in [0.5, 0.6) is 0 Å². The first-order valence-electron chi connectivity index (χ1n) is 5.31. The molecule has 0 aliphatic heterocycles. The van der Waals surface area contributed by atoms with Crippen LogP contribution in [0.1, 0.15) is 21.7 Å². The predicted molar refractivity (Wildman–Crippen MR) is 68.9 cm³/mol. The molecular formula is C13H11ClN2O2. The minimum atomic E-state index is -1.02. The minimum Gasteiger partial charge on any atom is -0.478 e. The van der Waals surface area contributed by atoms with Crippen LogP contribution in [-0.2, 0) is 0 Å². The summed E-state index contributed by atoms with van der Waals surface area (Å²) in [5.74, 6) is -1.02. The zero-order valence-corrected chi connectivity index (χ0v) is 10.7. The van der Waals surface area contributed by atoms with Crippen LogP contribution in [0.4, 0.5) is 0 Å². The molecule has 0 aliphatic rings. The molecule has 0 unspecified atom stereocenters. The van der Waals surface area contributed by atoms with Gasteiger partial charge in [-0.1, -0.05) is 11.6 Å². The van der Waals surface area contributed by atoms with Crippen LogP contribution in [0.3, 0.4) is 0 Å². The Morgan fingerprint density at radius 3 is 2.28 bits per heavy atom. The van der Waals surface area contributed by atoms with Crippen molar-refractivity contribution in [1.29, 1.82) is 0 Å². The van der Waals surface area contributed by atoms with E-state index in [4.69, 9.17) is 11.6 Å². The molecule has 0 saturated carbocycles. The van der Waals surface area contributed by atoms with Crippen molar-refractivity contribution in [2.75, 3.05) is 0 Å². The molecule has 2 aromatic heterocycles. The standard InChI is InChI=1S/C13H11ClN2O2/c1-7-3-9(11(5-15-7)13(17)18)10-4-8(2)16-6-12(10)14/h3-6H,1-2H3,(H,17,18). The van der Waals surface area contributed by atoms with Crippen LogP contribution < -0.4 is 0 Å². The zero-order valence-electron chi connectivity index (χ0n) is 9.94. The van der Waals surface area contributed by atoms with Gasteiger partial charge in [-0.05, 0) is 26.0 Å². The Hall–Kier alpha value is -1.94. The summed E-state index contributed by atoms with van der Waals surface area (Å²) in [5, 5.41) is 9.60. The van der Waals surface area contributed by atoms with E-state index in [0.717, 1.165) is 11.4 Å². The number of halogens is 1. The zero-order chi connectivity index (χ0) is 13.3. The largest absolute Gasteiger partial charge is 0.478 e. The van der Waals surface area contributed by atoms with Gasteiger partial charge in [-0.25, -0.2) is 4.79 Å². The predicted octanol–water partition coefficient (Wildman–Crippen LogP) is 3.11. The normalized spacial score (nSPS) is 10.4. The van der Waals surface area contributed by atoms with E-state index >= 15 is 0 Å². The van der Waals surface area contributed by atoms with Crippen molar-refractivity contribution in [3.63, 3.8) is 0 Å².